The van der Waals surface area contributed by atoms with Crippen molar-refractivity contribution in [1.29, 1.82) is 0 Å². The van der Waals surface area contributed by atoms with Gasteiger partial charge in [0.2, 0.25) is 0 Å². The molecule has 0 atom stereocenters. The number of thiazole rings is 1. The fourth-order valence-corrected chi connectivity index (χ4v) is 2.89. The first kappa shape index (κ1) is 15.9. The predicted octanol–water partition coefficient (Wildman–Crippen LogP) is 3.85. The molecule has 4 nitrogen and oxygen atoms in total. The van der Waals surface area contributed by atoms with Gasteiger partial charge in [-0.3, -0.25) is 0 Å². The molecule has 0 aromatic carbocycles. The third-order valence-corrected chi connectivity index (χ3v) is 3.94. The number of nitrogens with zero attached hydrogens (tertiary/aromatic N) is 3. The van der Waals surface area contributed by atoms with Crippen LogP contribution in [0, 0.1) is 12.8 Å². The number of anilines is 1. The van der Waals surface area contributed by atoms with Crippen LogP contribution in [0.5, 0.6) is 0 Å². The molecule has 0 aliphatic heterocycles. The Balaban J connectivity index is 2.21. The molecule has 2 heterocycles. The molecule has 2 aromatic rings. The van der Waals surface area contributed by atoms with E-state index in [2.05, 4.69) is 47.5 Å². The summed E-state index contributed by atoms with van der Waals surface area (Å²) in [7, 11) is 0. The van der Waals surface area contributed by atoms with Crippen molar-refractivity contribution in [3.05, 3.63) is 33.7 Å². The zero-order valence-electron chi connectivity index (χ0n) is 13.3. The molecule has 0 spiro atoms. The second kappa shape index (κ2) is 7.50. The van der Waals surface area contributed by atoms with E-state index in [1.807, 2.05) is 6.92 Å². The molecule has 114 valence electrons. The SMILES string of the molecule is CCCNc1cc(CC(C)C)nc(Cc2nc(C)cs2)n1. The largest absolute Gasteiger partial charge is 0.370 e. The molecule has 0 saturated carbocycles. The van der Waals surface area contributed by atoms with Gasteiger partial charge in [-0.05, 0) is 25.7 Å². The van der Waals surface area contributed by atoms with Gasteiger partial charge in [-0.1, -0.05) is 20.8 Å². The smallest absolute Gasteiger partial charge is 0.137 e. The molecule has 5 heteroatoms. The van der Waals surface area contributed by atoms with Crippen LogP contribution in [0.3, 0.4) is 0 Å². The Morgan fingerprint density at radius 3 is 2.67 bits per heavy atom. The lowest BCUT2D eigenvalue weighted by Gasteiger charge is -2.10. The van der Waals surface area contributed by atoms with Crippen molar-refractivity contribution in [1.82, 2.24) is 15.0 Å². The summed E-state index contributed by atoms with van der Waals surface area (Å²) in [4.78, 5) is 13.8. The molecule has 1 N–H and O–H groups in total. The third-order valence-electron chi connectivity index (χ3n) is 2.97. The van der Waals surface area contributed by atoms with Crippen molar-refractivity contribution in [2.24, 2.45) is 5.92 Å². The quantitative estimate of drug-likeness (QED) is 0.844. The van der Waals surface area contributed by atoms with Crippen LogP contribution in [0.25, 0.3) is 0 Å². The Labute approximate surface area is 131 Å². The van der Waals surface area contributed by atoms with E-state index in [1.54, 1.807) is 11.3 Å². The van der Waals surface area contributed by atoms with Crippen LogP contribution in [0.15, 0.2) is 11.4 Å². The number of hydrogen-bond acceptors (Lipinski definition) is 5. The van der Waals surface area contributed by atoms with Gasteiger partial charge in [0.05, 0.1) is 6.42 Å². The van der Waals surface area contributed by atoms with Crippen molar-refractivity contribution < 1.29 is 0 Å². The van der Waals surface area contributed by atoms with E-state index < -0.39 is 0 Å². The molecule has 2 aromatic heterocycles. The molecule has 0 bridgehead atoms. The third kappa shape index (κ3) is 5.08. The first-order valence-electron chi connectivity index (χ1n) is 7.58. The molecule has 21 heavy (non-hydrogen) atoms. The van der Waals surface area contributed by atoms with E-state index in [0.717, 1.165) is 47.4 Å². The van der Waals surface area contributed by atoms with E-state index in [9.17, 15) is 0 Å². The standard InChI is InChI=1S/C16H24N4S/c1-5-6-17-14-8-13(7-11(2)3)19-15(20-14)9-16-18-12(4)10-21-16/h8,10-11H,5-7,9H2,1-4H3,(H,17,19,20). The van der Waals surface area contributed by atoms with Crippen molar-refractivity contribution in [3.8, 4) is 0 Å². The number of aryl methyl sites for hydroxylation is 1. The van der Waals surface area contributed by atoms with Crippen LogP contribution >= 0.6 is 11.3 Å². The zero-order valence-corrected chi connectivity index (χ0v) is 14.1. The zero-order chi connectivity index (χ0) is 15.2. The maximum absolute atomic E-state index is 4.70. The van der Waals surface area contributed by atoms with Crippen LogP contribution in [-0.2, 0) is 12.8 Å². The van der Waals surface area contributed by atoms with Gasteiger partial charge in [0, 0.05) is 29.4 Å². The molecule has 0 unspecified atom stereocenters. The van der Waals surface area contributed by atoms with Gasteiger partial charge in [0.15, 0.2) is 0 Å². The van der Waals surface area contributed by atoms with Gasteiger partial charge < -0.3 is 5.32 Å². The molecule has 2 rings (SSSR count). The van der Waals surface area contributed by atoms with Crippen LogP contribution in [0.2, 0.25) is 0 Å². The summed E-state index contributed by atoms with van der Waals surface area (Å²) < 4.78 is 0. The topological polar surface area (TPSA) is 50.7 Å². The maximum atomic E-state index is 4.70. The molecular formula is C16H24N4S. The summed E-state index contributed by atoms with van der Waals surface area (Å²) in [5.74, 6) is 2.39. The van der Waals surface area contributed by atoms with Crippen molar-refractivity contribution in [2.75, 3.05) is 11.9 Å². The van der Waals surface area contributed by atoms with Gasteiger partial charge in [-0.15, -0.1) is 11.3 Å². The highest BCUT2D eigenvalue weighted by Crippen LogP contribution is 2.16. The van der Waals surface area contributed by atoms with E-state index in [1.165, 1.54) is 0 Å². The number of hydrogen-bond donors (Lipinski definition) is 1. The summed E-state index contributed by atoms with van der Waals surface area (Å²) in [5.41, 5.74) is 2.18. The Bertz CT molecular complexity index is 577. The number of rotatable bonds is 7. The number of nitrogens with one attached hydrogen (secondary N) is 1. The highest BCUT2D eigenvalue weighted by molar-refractivity contribution is 7.09. The predicted molar refractivity (Wildman–Crippen MR) is 89.0 cm³/mol. The molecular weight excluding hydrogens is 280 g/mol. The molecule has 0 fully saturated rings. The fraction of sp³-hybridized carbons (Fsp3) is 0.562. The Hall–Kier alpha value is -1.49. The van der Waals surface area contributed by atoms with Crippen LogP contribution in [0.4, 0.5) is 5.82 Å². The van der Waals surface area contributed by atoms with Crippen LogP contribution < -0.4 is 5.32 Å². The normalized spacial score (nSPS) is 11.1. The van der Waals surface area contributed by atoms with Gasteiger partial charge in [0.25, 0.3) is 0 Å². The summed E-state index contributed by atoms with van der Waals surface area (Å²) in [5, 5.41) is 6.52. The van der Waals surface area contributed by atoms with Gasteiger partial charge in [0.1, 0.15) is 16.6 Å². The van der Waals surface area contributed by atoms with Crippen molar-refractivity contribution in [2.45, 2.75) is 47.0 Å². The van der Waals surface area contributed by atoms with E-state index in [-0.39, 0.29) is 0 Å². The summed E-state index contributed by atoms with van der Waals surface area (Å²) in [6.07, 6.45) is 2.78. The van der Waals surface area contributed by atoms with Crippen molar-refractivity contribution >= 4 is 17.2 Å². The monoisotopic (exact) mass is 304 g/mol. The average Bonchev–Trinajstić information content (AvgIpc) is 2.80. The van der Waals surface area contributed by atoms with E-state index in [4.69, 9.17) is 4.98 Å². The first-order valence-corrected chi connectivity index (χ1v) is 8.46. The summed E-state index contributed by atoms with van der Waals surface area (Å²) in [6.45, 7) is 9.54. The van der Waals surface area contributed by atoms with Crippen molar-refractivity contribution in [3.63, 3.8) is 0 Å². The van der Waals surface area contributed by atoms with Gasteiger partial charge in [-0.25, -0.2) is 15.0 Å². The average molecular weight is 304 g/mol. The summed E-state index contributed by atoms with van der Waals surface area (Å²) >= 11 is 1.68. The van der Waals surface area contributed by atoms with Crippen LogP contribution in [-0.4, -0.2) is 21.5 Å². The minimum Gasteiger partial charge on any atom is -0.370 e. The minimum absolute atomic E-state index is 0.592. The Morgan fingerprint density at radius 1 is 1.24 bits per heavy atom. The molecule has 0 amide bonds. The van der Waals surface area contributed by atoms with Gasteiger partial charge >= 0.3 is 0 Å². The minimum atomic E-state index is 0.592. The number of aromatic nitrogens is 3. The van der Waals surface area contributed by atoms with E-state index >= 15 is 0 Å². The lowest BCUT2D eigenvalue weighted by Crippen LogP contribution is -2.09. The molecule has 0 radical (unpaired) electrons. The Kier molecular flexibility index (Phi) is 5.67. The van der Waals surface area contributed by atoms with Gasteiger partial charge in [-0.2, -0.15) is 0 Å². The highest BCUT2D eigenvalue weighted by Gasteiger charge is 2.09. The summed E-state index contributed by atoms with van der Waals surface area (Å²) in [6, 6.07) is 2.08. The molecule has 0 saturated heterocycles. The highest BCUT2D eigenvalue weighted by atomic mass is 32.1. The Morgan fingerprint density at radius 2 is 2.05 bits per heavy atom. The molecule has 0 aliphatic carbocycles. The van der Waals surface area contributed by atoms with Crippen LogP contribution in [0.1, 0.15) is 49.4 Å². The second-order valence-electron chi connectivity index (χ2n) is 5.74. The lowest BCUT2D eigenvalue weighted by molar-refractivity contribution is 0.631. The molecule has 0 aliphatic rings. The van der Waals surface area contributed by atoms with E-state index in [0.29, 0.717) is 12.3 Å². The lowest BCUT2D eigenvalue weighted by atomic mass is 10.1. The maximum Gasteiger partial charge on any atom is 0.137 e. The first-order chi connectivity index (χ1) is 10.1. The fourth-order valence-electron chi connectivity index (χ4n) is 2.12. The second-order valence-corrected chi connectivity index (χ2v) is 6.69.